The van der Waals surface area contributed by atoms with Crippen LogP contribution in [0, 0.1) is 12.8 Å². The molecule has 0 amide bonds. The molecule has 1 saturated heterocycles. The summed E-state index contributed by atoms with van der Waals surface area (Å²) < 4.78 is 4.77. The molecule has 6 heteroatoms. The summed E-state index contributed by atoms with van der Waals surface area (Å²) >= 11 is 0. The molecule has 1 aliphatic rings. The number of carbonyl (C=O) groups is 1. The Hall–Kier alpha value is -2.63. The predicted molar refractivity (Wildman–Crippen MR) is 98.4 cm³/mol. The van der Waals surface area contributed by atoms with Crippen molar-refractivity contribution in [2.45, 2.75) is 26.7 Å². The van der Waals surface area contributed by atoms with Crippen molar-refractivity contribution in [2.75, 3.05) is 30.4 Å². The second kappa shape index (κ2) is 7.51. The number of aromatic nitrogens is 2. The molecule has 0 bridgehead atoms. The van der Waals surface area contributed by atoms with E-state index in [2.05, 4.69) is 27.1 Å². The largest absolute Gasteiger partial charge is 0.465 e. The number of esters is 1. The number of nitrogens with zero attached hydrogens (tertiary/aromatic N) is 3. The fraction of sp³-hybridized carbons (Fsp3) is 0.421. The molecule has 6 nitrogen and oxygen atoms in total. The molecular weight excluding hydrogens is 316 g/mol. The van der Waals surface area contributed by atoms with E-state index in [4.69, 9.17) is 4.74 Å². The lowest BCUT2D eigenvalue weighted by atomic mass is 9.99. The maximum Gasteiger partial charge on any atom is 0.337 e. The molecule has 0 spiro atoms. The second-order valence-corrected chi connectivity index (χ2v) is 6.53. The van der Waals surface area contributed by atoms with Gasteiger partial charge in [0.25, 0.3) is 0 Å². The van der Waals surface area contributed by atoms with Crippen LogP contribution in [0.15, 0.2) is 30.3 Å². The van der Waals surface area contributed by atoms with Crippen LogP contribution in [0.2, 0.25) is 0 Å². The molecule has 0 radical (unpaired) electrons. The quantitative estimate of drug-likeness (QED) is 0.859. The maximum atomic E-state index is 11.7. The molecule has 2 heterocycles. The molecular formula is C19H24N4O2. The van der Waals surface area contributed by atoms with Gasteiger partial charge in [0.05, 0.1) is 12.7 Å². The van der Waals surface area contributed by atoms with Crippen LogP contribution in [0.3, 0.4) is 0 Å². The van der Waals surface area contributed by atoms with Crippen molar-refractivity contribution in [3.05, 3.63) is 41.7 Å². The second-order valence-electron chi connectivity index (χ2n) is 6.53. The number of hydrogen-bond acceptors (Lipinski definition) is 6. The molecule has 132 valence electrons. The summed E-state index contributed by atoms with van der Waals surface area (Å²) in [6, 6.07) is 9.16. The van der Waals surface area contributed by atoms with Crippen LogP contribution < -0.4 is 10.2 Å². The van der Waals surface area contributed by atoms with Gasteiger partial charge in [0.15, 0.2) is 0 Å². The molecule has 0 saturated carbocycles. The highest BCUT2D eigenvalue weighted by Gasteiger charge is 2.18. The minimum atomic E-state index is -0.356. The van der Waals surface area contributed by atoms with Gasteiger partial charge in [-0.15, -0.1) is 0 Å². The third-order valence-corrected chi connectivity index (χ3v) is 4.49. The maximum absolute atomic E-state index is 11.7. The van der Waals surface area contributed by atoms with Crippen LogP contribution in [-0.2, 0) is 4.74 Å². The zero-order valence-electron chi connectivity index (χ0n) is 15.0. The highest BCUT2D eigenvalue weighted by atomic mass is 16.5. The summed E-state index contributed by atoms with van der Waals surface area (Å²) in [5.41, 5.74) is 1.29. The summed E-state index contributed by atoms with van der Waals surface area (Å²) in [5, 5.41) is 3.27. The van der Waals surface area contributed by atoms with Crippen LogP contribution in [0.1, 0.15) is 35.9 Å². The van der Waals surface area contributed by atoms with Gasteiger partial charge in [-0.05, 0) is 43.9 Å². The summed E-state index contributed by atoms with van der Waals surface area (Å²) in [7, 11) is 1.38. The molecule has 1 aromatic carbocycles. The molecule has 0 unspecified atom stereocenters. The predicted octanol–water partition coefficient (Wildman–Crippen LogP) is 3.55. The van der Waals surface area contributed by atoms with Gasteiger partial charge in [0, 0.05) is 24.8 Å². The van der Waals surface area contributed by atoms with E-state index in [-0.39, 0.29) is 5.97 Å². The lowest BCUT2D eigenvalue weighted by Crippen LogP contribution is -2.33. The average Bonchev–Trinajstić information content (AvgIpc) is 2.61. The first-order chi connectivity index (χ1) is 12.0. The van der Waals surface area contributed by atoms with Gasteiger partial charge in [-0.2, -0.15) is 0 Å². The average molecular weight is 340 g/mol. The van der Waals surface area contributed by atoms with E-state index < -0.39 is 0 Å². The molecule has 1 aromatic heterocycles. The number of nitrogens with one attached hydrogen (secondary N) is 1. The number of hydrogen-bond donors (Lipinski definition) is 1. The van der Waals surface area contributed by atoms with Crippen molar-refractivity contribution in [3.63, 3.8) is 0 Å². The fourth-order valence-electron chi connectivity index (χ4n) is 3.01. The van der Waals surface area contributed by atoms with Gasteiger partial charge >= 0.3 is 5.97 Å². The smallest absolute Gasteiger partial charge is 0.337 e. The SMILES string of the molecule is COC(=O)c1cccc(Nc2cc(N3CCC(C)CC3)nc(C)n2)c1. The van der Waals surface area contributed by atoms with E-state index in [9.17, 15) is 4.79 Å². The van der Waals surface area contributed by atoms with Gasteiger partial charge < -0.3 is 15.0 Å². The zero-order chi connectivity index (χ0) is 17.8. The molecule has 3 rings (SSSR count). The third-order valence-electron chi connectivity index (χ3n) is 4.49. The summed E-state index contributed by atoms with van der Waals surface area (Å²) in [6.07, 6.45) is 2.37. The van der Waals surface area contributed by atoms with Crippen molar-refractivity contribution >= 4 is 23.3 Å². The van der Waals surface area contributed by atoms with Gasteiger partial charge in [-0.3, -0.25) is 0 Å². The first kappa shape index (κ1) is 17.2. The minimum Gasteiger partial charge on any atom is -0.465 e. The molecule has 1 fully saturated rings. The highest BCUT2D eigenvalue weighted by molar-refractivity contribution is 5.90. The number of anilines is 3. The molecule has 0 atom stereocenters. The fourth-order valence-corrected chi connectivity index (χ4v) is 3.01. The van der Waals surface area contributed by atoms with Gasteiger partial charge in [-0.25, -0.2) is 14.8 Å². The number of piperidine rings is 1. The standard InChI is InChI=1S/C19H24N4O2/c1-13-7-9-23(10-8-13)18-12-17(20-14(2)21-18)22-16-6-4-5-15(11-16)19(24)25-3/h4-6,11-13H,7-10H2,1-3H3,(H,20,21,22). The molecule has 0 aliphatic carbocycles. The number of aryl methyl sites for hydroxylation is 1. The Morgan fingerprint density at radius 1 is 1.24 bits per heavy atom. The topological polar surface area (TPSA) is 67.3 Å². The summed E-state index contributed by atoms with van der Waals surface area (Å²) in [6.45, 7) is 6.24. The van der Waals surface area contributed by atoms with E-state index in [0.717, 1.165) is 42.2 Å². The van der Waals surface area contributed by atoms with Crippen LogP contribution in [0.25, 0.3) is 0 Å². The van der Waals surface area contributed by atoms with E-state index in [1.54, 1.807) is 12.1 Å². The molecule has 1 aliphatic heterocycles. The Labute approximate surface area is 148 Å². The van der Waals surface area contributed by atoms with Crippen LogP contribution in [0.4, 0.5) is 17.3 Å². The van der Waals surface area contributed by atoms with Crippen molar-refractivity contribution in [1.82, 2.24) is 9.97 Å². The van der Waals surface area contributed by atoms with Crippen molar-refractivity contribution in [2.24, 2.45) is 5.92 Å². The van der Waals surface area contributed by atoms with E-state index in [1.165, 1.54) is 20.0 Å². The lowest BCUT2D eigenvalue weighted by Gasteiger charge is -2.31. The van der Waals surface area contributed by atoms with Gasteiger partial charge in [-0.1, -0.05) is 13.0 Å². The first-order valence-corrected chi connectivity index (χ1v) is 8.61. The monoisotopic (exact) mass is 340 g/mol. The number of ether oxygens (including phenoxy) is 1. The Kier molecular flexibility index (Phi) is 5.16. The van der Waals surface area contributed by atoms with Gasteiger partial charge in [0.2, 0.25) is 0 Å². The van der Waals surface area contributed by atoms with Gasteiger partial charge in [0.1, 0.15) is 17.5 Å². The Balaban J connectivity index is 1.80. The van der Waals surface area contributed by atoms with Crippen molar-refractivity contribution in [1.29, 1.82) is 0 Å². The zero-order valence-corrected chi connectivity index (χ0v) is 15.0. The summed E-state index contributed by atoms with van der Waals surface area (Å²) in [5.74, 6) is 2.82. The Bertz CT molecular complexity index is 755. The van der Waals surface area contributed by atoms with Crippen molar-refractivity contribution < 1.29 is 9.53 Å². The minimum absolute atomic E-state index is 0.356. The number of benzene rings is 1. The van der Waals surface area contributed by atoms with Crippen molar-refractivity contribution in [3.8, 4) is 0 Å². The highest BCUT2D eigenvalue weighted by Crippen LogP contribution is 2.24. The van der Waals surface area contributed by atoms with Crippen LogP contribution >= 0.6 is 0 Å². The molecule has 2 aromatic rings. The number of carbonyl (C=O) groups excluding carboxylic acids is 1. The molecule has 1 N–H and O–H groups in total. The lowest BCUT2D eigenvalue weighted by molar-refractivity contribution is 0.0601. The van der Waals surface area contributed by atoms with E-state index in [0.29, 0.717) is 5.56 Å². The van der Waals surface area contributed by atoms with Crippen LogP contribution in [0.5, 0.6) is 0 Å². The van der Waals surface area contributed by atoms with E-state index in [1.807, 2.05) is 25.1 Å². The normalized spacial score (nSPS) is 15.1. The third kappa shape index (κ3) is 4.26. The Morgan fingerprint density at radius 2 is 2.00 bits per heavy atom. The van der Waals surface area contributed by atoms with Crippen LogP contribution in [-0.4, -0.2) is 36.1 Å². The number of methoxy groups -OCH3 is 1. The molecule has 25 heavy (non-hydrogen) atoms. The number of rotatable bonds is 4. The first-order valence-electron chi connectivity index (χ1n) is 8.61. The Morgan fingerprint density at radius 3 is 2.72 bits per heavy atom. The summed E-state index contributed by atoms with van der Waals surface area (Å²) in [4.78, 5) is 23.0. The van der Waals surface area contributed by atoms with E-state index >= 15 is 0 Å².